The number of thiophene rings is 1. The first-order chi connectivity index (χ1) is 32.6. The zero-order valence-corrected chi connectivity index (χ0v) is 41.4. The Morgan fingerprint density at radius 2 is 1.31 bits per heavy atom. The van der Waals surface area contributed by atoms with Gasteiger partial charge in [0, 0.05) is 69.9 Å². The fraction of sp³-hybridized carbons (Fsp3) is 0.238. The maximum atomic E-state index is 7.41. The molecule has 0 saturated heterocycles. The lowest BCUT2D eigenvalue weighted by Crippen LogP contribution is -2.37. The topological polar surface area (TPSA) is 30.1 Å². The van der Waals surface area contributed by atoms with E-state index in [9.17, 15) is 0 Å². The highest BCUT2D eigenvalue weighted by Gasteiger charge is 2.41. The Kier molecular flexibility index (Phi) is 7.96. The van der Waals surface area contributed by atoms with E-state index in [1.54, 1.807) is 0 Å². The Hall–Kier alpha value is -6.56. The molecule has 5 heteroatoms. The maximum absolute atomic E-state index is 7.41. The van der Waals surface area contributed by atoms with Gasteiger partial charge in [-0.25, -0.2) is 0 Å². The Labute approximate surface area is 403 Å². The summed E-state index contributed by atoms with van der Waals surface area (Å²) in [5.74, 6) is 0. The van der Waals surface area contributed by atoms with E-state index >= 15 is 0 Å². The van der Waals surface area contributed by atoms with Crippen LogP contribution in [0.2, 0.25) is 0 Å². The van der Waals surface area contributed by atoms with Crippen molar-refractivity contribution in [3.63, 3.8) is 0 Å². The first-order valence-electron chi connectivity index (χ1n) is 24.7. The van der Waals surface area contributed by atoms with Crippen molar-refractivity contribution in [2.24, 2.45) is 0 Å². The van der Waals surface area contributed by atoms with E-state index in [0.717, 1.165) is 48.0 Å². The van der Waals surface area contributed by atoms with E-state index < -0.39 is 0 Å². The number of hydrogen-bond donors (Lipinski definition) is 1. The molecule has 0 radical (unpaired) electrons. The summed E-state index contributed by atoms with van der Waals surface area (Å²) < 4.78 is 12.8. The number of fused-ring (bicyclic) bond motifs is 16. The second-order valence-corrected chi connectivity index (χ2v) is 24.3. The quantitative estimate of drug-likeness (QED) is 0.179. The SMILES string of the molecule is CC(C)(C)c1ccc(Nc2cc3c(cc2-c2c4c5c(c6cc7c(cc6n5-c5cc6sc8ccccc8c6cc5B4)C(C)(C)CCC7(C)C)c4c2oc2ccccc24)-c2ccccc2C3(C)C)cc1. The smallest absolute Gasteiger partial charge is 0.198 e. The number of nitrogens with zero attached hydrogens (tertiary/aromatic N) is 1. The van der Waals surface area contributed by atoms with E-state index in [4.69, 9.17) is 4.42 Å². The fourth-order valence-corrected chi connectivity index (χ4v) is 14.1. The van der Waals surface area contributed by atoms with Crippen LogP contribution in [0.25, 0.3) is 91.9 Å². The third-order valence-corrected chi connectivity index (χ3v) is 17.9. The molecule has 68 heavy (non-hydrogen) atoms. The molecule has 1 aliphatic heterocycles. The number of anilines is 2. The van der Waals surface area contributed by atoms with Crippen molar-refractivity contribution in [1.82, 2.24) is 4.57 Å². The van der Waals surface area contributed by atoms with Gasteiger partial charge in [0.05, 0.1) is 11.0 Å². The molecule has 2 aliphatic carbocycles. The van der Waals surface area contributed by atoms with Crippen LogP contribution in [-0.4, -0.2) is 11.8 Å². The number of nitrogens with one attached hydrogen (secondary N) is 1. The van der Waals surface area contributed by atoms with Gasteiger partial charge in [0.25, 0.3) is 0 Å². The summed E-state index contributed by atoms with van der Waals surface area (Å²) in [6.45, 7) is 21.5. The summed E-state index contributed by atoms with van der Waals surface area (Å²) in [5.41, 5.74) is 22.5. The molecule has 3 nitrogen and oxygen atoms in total. The second kappa shape index (κ2) is 13.4. The molecule has 4 heterocycles. The molecule has 0 fully saturated rings. The molecule has 11 aromatic rings. The summed E-state index contributed by atoms with van der Waals surface area (Å²) in [6, 6.07) is 51.1. The summed E-state index contributed by atoms with van der Waals surface area (Å²) in [4.78, 5) is 0. The minimum atomic E-state index is -0.176. The summed E-state index contributed by atoms with van der Waals surface area (Å²) >= 11 is 1.92. The predicted molar refractivity (Wildman–Crippen MR) is 294 cm³/mol. The number of furan rings is 1. The van der Waals surface area contributed by atoms with Crippen molar-refractivity contribution >= 4 is 105 Å². The molecule has 0 atom stereocenters. The molecular weight excluding hydrogens is 844 g/mol. The zero-order chi connectivity index (χ0) is 46.4. The number of para-hydroxylation sites is 1. The Morgan fingerprint density at radius 1 is 0.603 bits per heavy atom. The highest BCUT2D eigenvalue weighted by atomic mass is 32.1. The fourth-order valence-electron chi connectivity index (χ4n) is 12.9. The van der Waals surface area contributed by atoms with Crippen molar-refractivity contribution in [3.8, 4) is 27.9 Å². The van der Waals surface area contributed by atoms with Gasteiger partial charge < -0.3 is 14.3 Å². The Bertz CT molecular complexity index is 4030. The lowest BCUT2D eigenvalue weighted by molar-refractivity contribution is 0.332. The van der Waals surface area contributed by atoms with Crippen LogP contribution in [0.15, 0.2) is 138 Å². The minimum absolute atomic E-state index is 0.0501. The summed E-state index contributed by atoms with van der Waals surface area (Å²) in [5, 5.41) is 11.7. The van der Waals surface area contributed by atoms with Crippen LogP contribution in [0.3, 0.4) is 0 Å². The van der Waals surface area contributed by atoms with Gasteiger partial charge in [-0.1, -0.05) is 147 Å². The molecule has 8 aromatic carbocycles. The van der Waals surface area contributed by atoms with E-state index in [0.29, 0.717) is 0 Å². The molecule has 1 N–H and O–H groups in total. The predicted octanol–water partition coefficient (Wildman–Crippen LogP) is 16.1. The largest absolute Gasteiger partial charge is 0.455 e. The lowest BCUT2D eigenvalue weighted by atomic mass is 9.58. The zero-order valence-electron chi connectivity index (χ0n) is 40.6. The molecule has 0 amide bonds. The average molecular weight is 899 g/mol. The van der Waals surface area contributed by atoms with Gasteiger partial charge in [-0.2, -0.15) is 0 Å². The van der Waals surface area contributed by atoms with Crippen LogP contribution in [0, 0.1) is 0 Å². The molecule has 0 spiro atoms. The van der Waals surface area contributed by atoms with Gasteiger partial charge in [0.15, 0.2) is 7.28 Å². The number of benzene rings is 8. The van der Waals surface area contributed by atoms with E-state index in [-0.39, 0.29) is 21.7 Å². The Balaban J connectivity index is 1.17. The summed E-state index contributed by atoms with van der Waals surface area (Å²) in [6.07, 6.45) is 2.33. The lowest BCUT2D eigenvalue weighted by Gasteiger charge is -2.42. The van der Waals surface area contributed by atoms with Crippen LogP contribution in [-0.2, 0) is 21.7 Å². The van der Waals surface area contributed by atoms with Crippen LogP contribution < -0.4 is 16.2 Å². The van der Waals surface area contributed by atoms with E-state index in [1.807, 2.05) is 11.3 Å². The molecule has 14 rings (SSSR count). The van der Waals surface area contributed by atoms with Crippen molar-refractivity contribution in [1.29, 1.82) is 0 Å². The monoisotopic (exact) mass is 898 g/mol. The highest BCUT2D eigenvalue weighted by Crippen LogP contribution is 2.55. The van der Waals surface area contributed by atoms with Crippen molar-refractivity contribution in [2.45, 2.75) is 96.8 Å². The third-order valence-electron chi connectivity index (χ3n) is 16.8. The molecular formula is C63H55BN2OS. The number of aromatic nitrogens is 1. The van der Waals surface area contributed by atoms with E-state index in [2.05, 4.69) is 206 Å². The van der Waals surface area contributed by atoms with Crippen LogP contribution in [0.4, 0.5) is 11.4 Å². The first-order valence-corrected chi connectivity index (χ1v) is 25.5. The molecule has 0 unspecified atom stereocenters. The third kappa shape index (κ3) is 5.43. The molecule has 3 aromatic heterocycles. The van der Waals surface area contributed by atoms with Gasteiger partial charge in [0.2, 0.25) is 0 Å². The standard InChI is InChI=1S/C63H55BN2OS/c1-60(2,3)34-22-24-35(25-23-34)65-48-31-44-39(36-16-10-13-19-43(36)63(44,8)9)28-41(48)56-57-58-54(55-38-18-11-14-20-51(38)67-59(55)56)42-29-45-46(62(6,7)27-26-61(45,4)5)32-49(42)66(58)50-33-53-40(30-47(50)64-57)37-17-12-15-21-52(37)68-53/h10-25,28-33,64-65H,26-27H2,1-9H3. The van der Waals surface area contributed by atoms with Gasteiger partial charge in [0.1, 0.15) is 11.2 Å². The normalized spacial score (nSPS) is 16.4. The molecule has 0 bridgehead atoms. The number of rotatable bonds is 3. The van der Waals surface area contributed by atoms with Crippen LogP contribution in [0.1, 0.15) is 103 Å². The Morgan fingerprint density at radius 3 is 2.09 bits per heavy atom. The molecule has 3 aliphatic rings. The van der Waals surface area contributed by atoms with Crippen LogP contribution >= 0.6 is 11.3 Å². The highest BCUT2D eigenvalue weighted by molar-refractivity contribution is 7.25. The minimum Gasteiger partial charge on any atom is -0.455 e. The average Bonchev–Trinajstić information content (AvgIpc) is 4.04. The molecule has 332 valence electrons. The second-order valence-electron chi connectivity index (χ2n) is 23.2. The summed E-state index contributed by atoms with van der Waals surface area (Å²) in [7, 11) is 0.778. The first kappa shape index (κ1) is 40.5. The van der Waals surface area contributed by atoms with Crippen molar-refractivity contribution in [3.05, 3.63) is 161 Å². The van der Waals surface area contributed by atoms with Gasteiger partial charge in [-0.05, 0) is 133 Å². The van der Waals surface area contributed by atoms with Gasteiger partial charge in [-0.3, -0.25) is 0 Å². The number of hydrogen-bond acceptors (Lipinski definition) is 3. The maximum Gasteiger partial charge on any atom is 0.198 e. The van der Waals surface area contributed by atoms with Crippen LogP contribution in [0.5, 0.6) is 0 Å². The van der Waals surface area contributed by atoms with Crippen molar-refractivity contribution in [2.75, 3.05) is 5.32 Å². The molecule has 0 saturated carbocycles. The van der Waals surface area contributed by atoms with E-state index in [1.165, 1.54) is 114 Å². The van der Waals surface area contributed by atoms with Crippen molar-refractivity contribution < 1.29 is 4.42 Å². The van der Waals surface area contributed by atoms with Gasteiger partial charge in [-0.15, -0.1) is 11.3 Å². The van der Waals surface area contributed by atoms with Gasteiger partial charge >= 0.3 is 0 Å².